The molecule has 0 radical (unpaired) electrons. The molecule has 0 saturated carbocycles. The predicted octanol–water partition coefficient (Wildman–Crippen LogP) is 1.61. The van der Waals surface area contributed by atoms with Crippen LogP contribution in [0.25, 0.3) is 0 Å². The summed E-state index contributed by atoms with van der Waals surface area (Å²) in [5.74, 6) is 0.280. The first-order valence-corrected chi connectivity index (χ1v) is 8.16. The molecular formula is C15H22N2O2S. The predicted molar refractivity (Wildman–Crippen MR) is 80.0 cm³/mol. The summed E-state index contributed by atoms with van der Waals surface area (Å²) in [4.78, 5) is 18.1. The number of thiophene rings is 1. The van der Waals surface area contributed by atoms with Gasteiger partial charge in [0, 0.05) is 43.7 Å². The Morgan fingerprint density at radius 2 is 2.30 bits per heavy atom. The van der Waals surface area contributed by atoms with Gasteiger partial charge in [-0.15, -0.1) is 11.3 Å². The van der Waals surface area contributed by atoms with Crippen molar-refractivity contribution in [3.8, 4) is 0 Å². The summed E-state index contributed by atoms with van der Waals surface area (Å²) >= 11 is 1.67. The lowest BCUT2D eigenvalue weighted by Gasteiger charge is -2.50. The number of nitrogens with zero attached hydrogens (tertiary/aromatic N) is 2. The number of likely N-dealkylation sites (tertiary alicyclic amines) is 2. The highest BCUT2D eigenvalue weighted by molar-refractivity contribution is 7.10. The van der Waals surface area contributed by atoms with E-state index in [-0.39, 0.29) is 11.4 Å². The number of amides is 1. The third-order valence-electron chi connectivity index (χ3n) is 4.67. The molecule has 2 aliphatic rings. The molecular weight excluding hydrogens is 272 g/mol. The van der Waals surface area contributed by atoms with Crippen LogP contribution in [-0.2, 0) is 16.0 Å². The highest BCUT2D eigenvalue weighted by Crippen LogP contribution is 2.38. The summed E-state index contributed by atoms with van der Waals surface area (Å²) in [5.41, 5.74) is 0.254. The summed E-state index contributed by atoms with van der Waals surface area (Å²) in [6.07, 6.45) is 2.90. The lowest BCUT2D eigenvalue weighted by molar-refractivity contribution is -0.130. The Labute approximate surface area is 124 Å². The molecule has 110 valence electrons. The molecule has 1 spiro atoms. The maximum atomic E-state index is 12.4. The van der Waals surface area contributed by atoms with E-state index in [0.29, 0.717) is 6.42 Å². The fourth-order valence-electron chi connectivity index (χ4n) is 3.34. The number of hydrogen-bond acceptors (Lipinski definition) is 4. The smallest absolute Gasteiger partial charge is 0.227 e. The first kappa shape index (κ1) is 14.0. The largest absolute Gasteiger partial charge is 0.383 e. The van der Waals surface area contributed by atoms with Gasteiger partial charge in [0.1, 0.15) is 0 Å². The van der Waals surface area contributed by atoms with Crippen LogP contribution in [0.1, 0.15) is 17.7 Å². The quantitative estimate of drug-likeness (QED) is 0.827. The van der Waals surface area contributed by atoms with Crippen molar-refractivity contribution in [2.45, 2.75) is 24.8 Å². The molecule has 1 aromatic heterocycles. The first-order chi connectivity index (χ1) is 9.73. The minimum Gasteiger partial charge on any atom is -0.383 e. The maximum Gasteiger partial charge on any atom is 0.227 e. The zero-order valence-corrected chi connectivity index (χ0v) is 12.8. The number of rotatable bonds is 5. The van der Waals surface area contributed by atoms with E-state index in [9.17, 15) is 4.79 Å². The summed E-state index contributed by atoms with van der Waals surface area (Å²) in [5, 5.41) is 2.03. The van der Waals surface area contributed by atoms with Crippen molar-refractivity contribution in [1.82, 2.24) is 9.80 Å². The maximum absolute atomic E-state index is 12.4. The molecule has 3 heterocycles. The Morgan fingerprint density at radius 1 is 1.45 bits per heavy atom. The zero-order valence-electron chi connectivity index (χ0n) is 12.0. The lowest BCUT2D eigenvalue weighted by atomic mass is 9.84. The van der Waals surface area contributed by atoms with Crippen LogP contribution in [0.5, 0.6) is 0 Å². The highest BCUT2D eigenvalue weighted by atomic mass is 32.1. The summed E-state index contributed by atoms with van der Waals surface area (Å²) in [6, 6.07) is 4.06. The fraction of sp³-hybridized carbons (Fsp3) is 0.667. The number of hydrogen-bond donors (Lipinski definition) is 0. The molecule has 1 amide bonds. The monoisotopic (exact) mass is 294 g/mol. The molecule has 5 heteroatoms. The minimum absolute atomic E-state index is 0.254. The average molecular weight is 294 g/mol. The van der Waals surface area contributed by atoms with Gasteiger partial charge in [0.05, 0.1) is 13.0 Å². The second-order valence-corrected chi connectivity index (χ2v) is 6.81. The molecule has 2 saturated heterocycles. The second kappa shape index (κ2) is 5.84. The van der Waals surface area contributed by atoms with Crippen LogP contribution in [0.4, 0.5) is 0 Å². The standard InChI is InChI=1S/C15H22N2O2S/c1-19-9-8-17-7-5-15(17)4-6-16(12-15)14(18)11-13-3-2-10-20-13/h2-3,10H,4-9,11-12H2,1H3/t15-/m1/s1. The normalized spacial score (nSPS) is 26.1. The topological polar surface area (TPSA) is 32.8 Å². The number of ether oxygens (including phenoxy) is 1. The van der Waals surface area contributed by atoms with E-state index < -0.39 is 0 Å². The van der Waals surface area contributed by atoms with Crippen molar-refractivity contribution < 1.29 is 9.53 Å². The van der Waals surface area contributed by atoms with Gasteiger partial charge in [-0.05, 0) is 24.3 Å². The van der Waals surface area contributed by atoms with Crippen molar-refractivity contribution in [1.29, 1.82) is 0 Å². The van der Waals surface area contributed by atoms with E-state index in [2.05, 4.69) is 9.80 Å². The minimum atomic E-state index is 0.254. The fourth-order valence-corrected chi connectivity index (χ4v) is 4.04. The molecule has 2 aliphatic heterocycles. The summed E-state index contributed by atoms with van der Waals surface area (Å²) in [6.45, 7) is 4.74. The first-order valence-electron chi connectivity index (χ1n) is 7.28. The van der Waals surface area contributed by atoms with E-state index >= 15 is 0 Å². The Balaban J connectivity index is 1.55. The van der Waals surface area contributed by atoms with Gasteiger partial charge in [-0.3, -0.25) is 9.69 Å². The number of carbonyl (C=O) groups is 1. The van der Waals surface area contributed by atoms with Crippen LogP contribution in [0.15, 0.2) is 17.5 Å². The molecule has 0 bridgehead atoms. The third kappa shape index (κ3) is 2.62. The average Bonchev–Trinajstić information content (AvgIpc) is 3.07. The molecule has 0 unspecified atom stereocenters. The second-order valence-electron chi connectivity index (χ2n) is 5.78. The van der Waals surface area contributed by atoms with Crippen molar-refractivity contribution in [2.75, 3.05) is 39.9 Å². The van der Waals surface area contributed by atoms with Gasteiger partial charge in [0.2, 0.25) is 5.91 Å². The molecule has 4 nitrogen and oxygen atoms in total. The van der Waals surface area contributed by atoms with Gasteiger partial charge in [-0.1, -0.05) is 6.07 Å². The van der Waals surface area contributed by atoms with E-state index in [1.54, 1.807) is 18.4 Å². The van der Waals surface area contributed by atoms with Crippen LogP contribution in [-0.4, -0.2) is 61.1 Å². The summed E-state index contributed by atoms with van der Waals surface area (Å²) < 4.78 is 5.17. The molecule has 0 aromatic carbocycles. The number of methoxy groups -OCH3 is 1. The van der Waals surface area contributed by atoms with Crippen molar-refractivity contribution in [3.05, 3.63) is 22.4 Å². The third-order valence-corrected chi connectivity index (χ3v) is 5.55. The van der Waals surface area contributed by atoms with Gasteiger partial charge in [-0.2, -0.15) is 0 Å². The highest BCUT2D eigenvalue weighted by Gasteiger charge is 2.49. The van der Waals surface area contributed by atoms with E-state index in [0.717, 1.165) is 39.2 Å². The Hall–Kier alpha value is -0.910. The van der Waals surface area contributed by atoms with Gasteiger partial charge < -0.3 is 9.64 Å². The Morgan fingerprint density at radius 3 is 2.95 bits per heavy atom. The van der Waals surface area contributed by atoms with Crippen molar-refractivity contribution >= 4 is 17.2 Å². The molecule has 20 heavy (non-hydrogen) atoms. The van der Waals surface area contributed by atoms with Crippen LogP contribution in [0.2, 0.25) is 0 Å². The number of carbonyl (C=O) groups excluding carboxylic acids is 1. The van der Waals surface area contributed by atoms with Gasteiger partial charge in [0.25, 0.3) is 0 Å². The van der Waals surface area contributed by atoms with Crippen LogP contribution < -0.4 is 0 Å². The SMILES string of the molecule is COCCN1CC[C@@]12CCN(C(=O)Cc1cccs1)C2. The van der Waals surface area contributed by atoms with E-state index in [4.69, 9.17) is 4.74 Å². The molecule has 2 fully saturated rings. The zero-order chi connectivity index (χ0) is 14.0. The van der Waals surface area contributed by atoms with E-state index in [1.807, 2.05) is 17.5 Å². The molecule has 0 aliphatic carbocycles. The Kier molecular flexibility index (Phi) is 4.10. The lowest BCUT2D eigenvalue weighted by Crippen LogP contribution is -2.62. The summed E-state index contributed by atoms with van der Waals surface area (Å²) in [7, 11) is 1.75. The van der Waals surface area contributed by atoms with Gasteiger partial charge in [0.15, 0.2) is 0 Å². The van der Waals surface area contributed by atoms with Gasteiger partial charge in [-0.25, -0.2) is 0 Å². The van der Waals surface area contributed by atoms with Crippen molar-refractivity contribution in [3.63, 3.8) is 0 Å². The van der Waals surface area contributed by atoms with Gasteiger partial charge >= 0.3 is 0 Å². The van der Waals surface area contributed by atoms with E-state index in [1.165, 1.54) is 11.3 Å². The van der Waals surface area contributed by atoms with Crippen LogP contribution >= 0.6 is 11.3 Å². The molecule has 3 rings (SSSR count). The molecule has 0 N–H and O–H groups in total. The van der Waals surface area contributed by atoms with Crippen molar-refractivity contribution in [2.24, 2.45) is 0 Å². The van der Waals surface area contributed by atoms with Crippen LogP contribution in [0.3, 0.4) is 0 Å². The molecule has 1 atom stereocenters. The molecule has 1 aromatic rings. The van der Waals surface area contributed by atoms with Crippen LogP contribution in [0, 0.1) is 0 Å². The Bertz CT molecular complexity index is 462.